The zero-order valence-corrected chi connectivity index (χ0v) is 13.6. The summed E-state index contributed by atoms with van der Waals surface area (Å²) in [6, 6.07) is 7.32. The quantitative estimate of drug-likeness (QED) is 0.789. The number of carbonyl (C=O) groups is 1. The number of halogens is 2. The van der Waals surface area contributed by atoms with Gasteiger partial charge in [-0.05, 0) is 25.1 Å². The van der Waals surface area contributed by atoms with Crippen LogP contribution in [-0.4, -0.2) is 34.5 Å². The van der Waals surface area contributed by atoms with Crippen molar-refractivity contribution in [2.45, 2.75) is 6.92 Å². The van der Waals surface area contributed by atoms with Gasteiger partial charge in [-0.2, -0.15) is 0 Å². The number of hydrogen-bond donors (Lipinski definition) is 1. The van der Waals surface area contributed by atoms with Gasteiger partial charge < -0.3 is 10.2 Å². The maximum atomic E-state index is 13.5. The SMILES string of the molecule is Cc1cccc(NC(=O)CN(C)c2ncnc3cc(F)c(F)cc23)n1. The Kier molecular flexibility index (Phi) is 4.51. The van der Waals surface area contributed by atoms with Crippen LogP contribution < -0.4 is 10.2 Å². The zero-order valence-electron chi connectivity index (χ0n) is 13.6. The Hall–Kier alpha value is -3.16. The molecule has 3 rings (SSSR count). The summed E-state index contributed by atoms with van der Waals surface area (Å²) in [5, 5.41) is 3.01. The maximum absolute atomic E-state index is 13.5. The average molecular weight is 343 g/mol. The number of likely N-dealkylation sites (N-methyl/N-ethyl adjacent to an activating group) is 1. The van der Waals surface area contributed by atoms with Crippen LogP contribution in [0.25, 0.3) is 10.9 Å². The first-order valence-electron chi connectivity index (χ1n) is 7.48. The monoisotopic (exact) mass is 343 g/mol. The smallest absolute Gasteiger partial charge is 0.245 e. The van der Waals surface area contributed by atoms with E-state index in [1.165, 1.54) is 11.2 Å². The fourth-order valence-electron chi connectivity index (χ4n) is 2.43. The van der Waals surface area contributed by atoms with Gasteiger partial charge in [0.15, 0.2) is 11.6 Å². The molecular weight excluding hydrogens is 328 g/mol. The molecule has 0 bridgehead atoms. The number of anilines is 2. The van der Waals surface area contributed by atoms with E-state index < -0.39 is 11.6 Å². The van der Waals surface area contributed by atoms with Crippen LogP contribution in [0.5, 0.6) is 0 Å². The van der Waals surface area contributed by atoms with E-state index in [1.807, 2.05) is 13.0 Å². The van der Waals surface area contributed by atoms with E-state index in [0.717, 1.165) is 17.8 Å². The second-order valence-electron chi connectivity index (χ2n) is 5.55. The molecule has 0 aliphatic heterocycles. The van der Waals surface area contributed by atoms with Crippen LogP contribution >= 0.6 is 0 Å². The van der Waals surface area contributed by atoms with Gasteiger partial charge in [-0.3, -0.25) is 4.79 Å². The van der Waals surface area contributed by atoms with Crippen LogP contribution in [0.3, 0.4) is 0 Å². The van der Waals surface area contributed by atoms with E-state index in [1.54, 1.807) is 19.2 Å². The molecule has 2 aromatic heterocycles. The van der Waals surface area contributed by atoms with Crippen molar-refractivity contribution < 1.29 is 13.6 Å². The van der Waals surface area contributed by atoms with E-state index in [0.29, 0.717) is 17.0 Å². The van der Waals surface area contributed by atoms with Crippen LogP contribution in [0.4, 0.5) is 20.4 Å². The number of aromatic nitrogens is 3. The number of amides is 1. The number of nitrogens with zero attached hydrogens (tertiary/aromatic N) is 4. The first-order valence-corrected chi connectivity index (χ1v) is 7.48. The largest absolute Gasteiger partial charge is 0.350 e. The highest BCUT2D eigenvalue weighted by molar-refractivity contribution is 5.95. The molecule has 6 nitrogen and oxygen atoms in total. The summed E-state index contributed by atoms with van der Waals surface area (Å²) in [4.78, 5) is 25.9. The summed E-state index contributed by atoms with van der Waals surface area (Å²) in [5.41, 5.74) is 1.04. The van der Waals surface area contributed by atoms with Gasteiger partial charge in [-0.15, -0.1) is 0 Å². The van der Waals surface area contributed by atoms with Crippen molar-refractivity contribution in [1.29, 1.82) is 0 Å². The van der Waals surface area contributed by atoms with Gasteiger partial charge in [-0.25, -0.2) is 23.7 Å². The van der Waals surface area contributed by atoms with Crippen molar-refractivity contribution in [3.8, 4) is 0 Å². The van der Waals surface area contributed by atoms with Gasteiger partial charge in [0.1, 0.15) is 18.0 Å². The highest BCUT2D eigenvalue weighted by Gasteiger charge is 2.15. The lowest BCUT2D eigenvalue weighted by molar-refractivity contribution is -0.114. The normalized spacial score (nSPS) is 10.7. The molecular formula is C17H15F2N5O. The van der Waals surface area contributed by atoms with Crippen LogP contribution in [0.2, 0.25) is 0 Å². The van der Waals surface area contributed by atoms with Gasteiger partial charge in [0, 0.05) is 24.2 Å². The number of carbonyl (C=O) groups excluding carboxylic acids is 1. The molecule has 1 amide bonds. The first-order chi connectivity index (χ1) is 11.9. The molecule has 8 heteroatoms. The lowest BCUT2D eigenvalue weighted by Crippen LogP contribution is -2.31. The zero-order chi connectivity index (χ0) is 18.0. The van der Waals surface area contributed by atoms with E-state index in [-0.39, 0.29) is 18.0 Å². The van der Waals surface area contributed by atoms with E-state index >= 15 is 0 Å². The van der Waals surface area contributed by atoms with Crippen molar-refractivity contribution >= 4 is 28.4 Å². The summed E-state index contributed by atoms with van der Waals surface area (Å²) in [6.07, 6.45) is 1.24. The Balaban J connectivity index is 1.81. The summed E-state index contributed by atoms with van der Waals surface area (Å²) < 4.78 is 26.9. The first kappa shape index (κ1) is 16.7. The predicted octanol–water partition coefficient (Wildman–Crippen LogP) is 2.69. The van der Waals surface area contributed by atoms with Gasteiger partial charge in [0.2, 0.25) is 5.91 Å². The second-order valence-corrected chi connectivity index (χ2v) is 5.55. The molecule has 2 heterocycles. The average Bonchev–Trinajstić information content (AvgIpc) is 2.55. The van der Waals surface area contributed by atoms with Gasteiger partial charge in [0.05, 0.1) is 12.1 Å². The lowest BCUT2D eigenvalue weighted by atomic mass is 10.2. The Morgan fingerprint density at radius 2 is 1.96 bits per heavy atom. The topological polar surface area (TPSA) is 71.0 Å². The van der Waals surface area contributed by atoms with E-state index in [4.69, 9.17) is 0 Å². The summed E-state index contributed by atoms with van der Waals surface area (Å²) in [6.45, 7) is 1.78. The van der Waals surface area contributed by atoms with Crippen LogP contribution in [0, 0.1) is 18.6 Å². The fourth-order valence-corrected chi connectivity index (χ4v) is 2.43. The van der Waals surface area contributed by atoms with Crippen molar-refractivity contribution in [3.63, 3.8) is 0 Å². The molecule has 1 aromatic carbocycles. The summed E-state index contributed by atoms with van der Waals surface area (Å²) >= 11 is 0. The van der Waals surface area contributed by atoms with E-state index in [2.05, 4.69) is 20.3 Å². The van der Waals surface area contributed by atoms with Crippen molar-refractivity contribution in [2.24, 2.45) is 0 Å². The van der Waals surface area contributed by atoms with E-state index in [9.17, 15) is 13.6 Å². The van der Waals surface area contributed by atoms with Crippen molar-refractivity contribution in [1.82, 2.24) is 15.0 Å². The Labute approximate surface area is 142 Å². The number of aryl methyl sites for hydroxylation is 1. The number of nitrogens with one attached hydrogen (secondary N) is 1. The number of rotatable bonds is 4. The molecule has 0 aliphatic carbocycles. The molecule has 0 unspecified atom stereocenters. The highest BCUT2D eigenvalue weighted by Crippen LogP contribution is 2.24. The molecule has 128 valence electrons. The molecule has 0 radical (unpaired) electrons. The van der Waals surface area contributed by atoms with Crippen molar-refractivity contribution in [2.75, 3.05) is 23.8 Å². The highest BCUT2D eigenvalue weighted by atomic mass is 19.2. The van der Waals surface area contributed by atoms with Crippen LogP contribution in [-0.2, 0) is 4.79 Å². The minimum absolute atomic E-state index is 0.0409. The van der Waals surface area contributed by atoms with Crippen LogP contribution in [0.1, 0.15) is 5.69 Å². The maximum Gasteiger partial charge on any atom is 0.245 e. The summed E-state index contributed by atoms with van der Waals surface area (Å²) in [5.74, 6) is -1.52. The second kappa shape index (κ2) is 6.76. The molecule has 0 spiro atoms. The third kappa shape index (κ3) is 3.68. The molecule has 0 aliphatic rings. The predicted molar refractivity (Wildman–Crippen MR) is 90.3 cm³/mol. The Bertz CT molecular complexity index is 947. The van der Waals surface area contributed by atoms with Gasteiger partial charge >= 0.3 is 0 Å². The molecule has 25 heavy (non-hydrogen) atoms. The number of hydrogen-bond acceptors (Lipinski definition) is 5. The fraction of sp³-hybridized carbons (Fsp3) is 0.176. The van der Waals surface area contributed by atoms with Gasteiger partial charge in [0.25, 0.3) is 0 Å². The number of pyridine rings is 1. The minimum atomic E-state index is -0.995. The van der Waals surface area contributed by atoms with Crippen molar-refractivity contribution in [3.05, 3.63) is 54.0 Å². The molecule has 3 aromatic rings. The number of fused-ring (bicyclic) bond motifs is 1. The summed E-state index contributed by atoms with van der Waals surface area (Å²) in [7, 11) is 1.63. The lowest BCUT2D eigenvalue weighted by Gasteiger charge is -2.19. The molecule has 0 fully saturated rings. The minimum Gasteiger partial charge on any atom is -0.350 e. The van der Waals surface area contributed by atoms with Gasteiger partial charge in [-0.1, -0.05) is 6.07 Å². The third-order valence-electron chi connectivity index (χ3n) is 3.55. The molecule has 1 N–H and O–H groups in total. The standard InChI is InChI=1S/C17H15F2N5O/c1-10-4-3-5-15(22-10)23-16(25)8-24(2)17-11-6-12(18)13(19)7-14(11)20-9-21-17/h3-7,9H,8H2,1-2H3,(H,22,23,25). The molecule has 0 saturated heterocycles. The Morgan fingerprint density at radius 1 is 1.20 bits per heavy atom. The number of benzene rings is 1. The Morgan fingerprint density at radius 3 is 2.72 bits per heavy atom. The van der Waals surface area contributed by atoms with Crippen LogP contribution in [0.15, 0.2) is 36.7 Å². The third-order valence-corrected chi connectivity index (χ3v) is 3.55. The molecule has 0 saturated carbocycles. The molecule has 0 atom stereocenters.